The molecule has 1 fully saturated rings. The van der Waals surface area contributed by atoms with E-state index in [1.54, 1.807) is 13.3 Å². The number of benzene rings is 3. The van der Waals surface area contributed by atoms with E-state index in [-0.39, 0.29) is 6.10 Å². The third kappa shape index (κ3) is 4.56. The van der Waals surface area contributed by atoms with Gasteiger partial charge in [0.25, 0.3) is 0 Å². The SMILES string of the molecule is COc1cccc(Cn2ccc3cc(Nc4c(C#N)cnc5cc(OC6CCNC6)c(N)cc45)ccc32)c1. The van der Waals surface area contributed by atoms with Crippen molar-refractivity contribution >= 4 is 38.9 Å². The van der Waals surface area contributed by atoms with Gasteiger partial charge in [-0.25, -0.2) is 0 Å². The number of hydrogen-bond donors (Lipinski definition) is 3. The zero-order valence-corrected chi connectivity index (χ0v) is 21.1. The molecule has 0 aliphatic carbocycles. The van der Waals surface area contributed by atoms with Gasteiger partial charge in [0.2, 0.25) is 0 Å². The number of nitrogens with one attached hydrogen (secondary N) is 2. The highest BCUT2D eigenvalue weighted by Gasteiger charge is 2.19. The molecule has 0 amide bonds. The maximum atomic E-state index is 9.82. The average molecular weight is 505 g/mol. The first-order valence-electron chi connectivity index (χ1n) is 12.6. The summed E-state index contributed by atoms with van der Waals surface area (Å²) in [5.74, 6) is 1.46. The molecular formula is C30H28N6O2. The molecule has 6 rings (SSSR count). The average Bonchev–Trinajstić information content (AvgIpc) is 3.59. The molecule has 3 heterocycles. The van der Waals surface area contributed by atoms with Crippen molar-refractivity contribution < 1.29 is 9.47 Å². The molecule has 0 spiro atoms. The summed E-state index contributed by atoms with van der Waals surface area (Å²) in [5, 5.41) is 18.4. The fourth-order valence-electron chi connectivity index (χ4n) is 4.99. The molecule has 38 heavy (non-hydrogen) atoms. The van der Waals surface area contributed by atoms with E-state index in [2.05, 4.69) is 56.7 Å². The Bertz CT molecular complexity index is 1680. The Labute approximate surface area is 220 Å². The summed E-state index contributed by atoms with van der Waals surface area (Å²) in [7, 11) is 1.68. The van der Waals surface area contributed by atoms with Gasteiger partial charge in [0.05, 0.1) is 29.6 Å². The van der Waals surface area contributed by atoms with Crippen LogP contribution >= 0.6 is 0 Å². The summed E-state index contributed by atoms with van der Waals surface area (Å²) in [6.07, 6.45) is 4.70. The van der Waals surface area contributed by atoms with Gasteiger partial charge in [-0.15, -0.1) is 0 Å². The third-order valence-electron chi connectivity index (χ3n) is 6.96. The molecule has 8 nitrogen and oxygen atoms in total. The number of methoxy groups -OCH3 is 1. The molecule has 1 atom stereocenters. The van der Waals surface area contributed by atoms with Gasteiger partial charge in [0.1, 0.15) is 23.7 Å². The lowest BCUT2D eigenvalue weighted by atomic mass is 10.1. The molecule has 3 aromatic carbocycles. The molecule has 2 aromatic heterocycles. The van der Waals surface area contributed by atoms with Crippen LogP contribution in [-0.2, 0) is 6.54 Å². The highest BCUT2D eigenvalue weighted by Crippen LogP contribution is 2.36. The van der Waals surface area contributed by atoms with Crippen molar-refractivity contribution in [1.82, 2.24) is 14.9 Å². The maximum absolute atomic E-state index is 9.82. The van der Waals surface area contributed by atoms with Gasteiger partial charge in [-0.3, -0.25) is 4.98 Å². The van der Waals surface area contributed by atoms with Crippen LogP contribution in [0.3, 0.4) is 0 Å². The lowest BCUT2D eigenvalue weighted by Crippen LogP contribution is -2.20. The van der Waals surface area contributed by atoms with Crippen LogP contribution in [0.2, 0.25) is 0 Å². The summed E-state index contributed by atoms with van der Waals surface area (Å²) in [5.41, 5.74) is 11.9. The molecule has 1 unspecified atom stereocenters. The molecule has 5 aromatic rings. The molecule has 1 aliphatic heterocycles. The van der Waals surface area contributed by atoms with E-state index < -0.39 is 0 Å². The summed E-state index contributed by atoms with van der Waals surface area (Å²) in [6.45, 7) is 2.47. The number of nitrogens with two attached hydrogens (primary N) is 1. The minimum absolute atomic E-state index is 0.0914. The molecule has 4 N–H and O–H groups in total. The Kier molecular flexibility index (Phi) is 6.20. The van der Waals surface area contributed by atoms with Crippen LogP contribution in [0.4, 0.5) is 17.1 Å². The van der Waals surface area contributed by atoms with E-state index in [0.717, 1.165) is 59.3 Å². The topological polar surface area (TPSA) is 110 Å². The second-order valence-electron chi connectivity index (χ2n) is 9.49. The Morgan fingerprint density at radius 2 is 2.11 bits per heavy atom. The Morgan fingerprint density at radius 1 is 1.18 bits per heavy atom. The molecule has 0 radical (unpaired) electrons. The third-order valence-corrected chi connectivity index (χ3v) is 6.96. The van der Waals surface area contributed by atoms with Crippen molar-refractivity contribution in [1.29, 1.82) is 5.26 Å². The summed E-state index contributed by atoms with van der Waals surface area (Å²) < 4.78 is 13.7. The van der Waals surface area contributed by atoms with Gasteiger partial charge in [0.15, 0.2) is 0 Å². The predicted molar refractivity (Wildman–Crippen MR) is 150 cm³/mol. The fraction of sp³-hybridized carbons (Fsp3) is 0.200. The molecular weight excluding hydrogens is 476 g/mol. The van der Waals surface area contributed by atoms with Crippen LogP contribution in [0.5, 0.6) is 11.5 Å². The van der Waals surface area contributed by atoms with Crippen molar-refractivity contribution in [3.05, 3.63) is 84.2 Å². The molecule has 1 saturated heterocycles. The van der Waals surface area contributed by atoms with E-state index in [1.807, 2.05) is 36.4 Å². The first kappa shape index (κ1) is 23.6. The fourth-order valence-corrected chi connectivity index (χ4v) is 4.99. The number of rotatable bonds is 7. The number of nitriles is 1. The summed E-state index contributed by atoms with van der Waals surface area (Å²) >= 11 is 0. The Morgan fingerprint density at radius 3 is 2.92 bits per heavy atom. The normalized spacial score (nSPS) is 15.0. The van der Waals surface area contributed by atoms with Crippen LogP contribution in [-0.4, -0.2) is 35.9 Å². The highest BCUT2D eigenvalue weighted by molar-refractivity contribution is 5.99. The number of ether oxygens (including phenoxy) is 2. The van der Waals surface area contributed by atoms with E-state index in [1.165, 1.54) is 0 Å². The molecule has 8 heteroatoms. The molecule has 1 aliphatic rings. The molecule has 0 saturated carbocycles. The van der Waals surface area contributed by atoms with Gasteiger partial charge in [0, 0.05) is 53.5 Å². The van der Waals surface area contributed by atoms with Crippen LogP contribution in [0.1, 0.15) is 17.5 Å². The van der Waals surface area contributed by atoms with Crippen molar-refractivity contribution in [2.75, 3.05) is 31.2 Å². The number of nitrogen functional groups attached to an aromatic ring is 1. The van der Waals surface area contributed by atoms with Crippen molar-refractivity contribution in [3.8, 4) is 17.6 Å². The largest absolute Gasteiger partial charge is 0.497 e. The second-order valence-corrected chi connectivity index (χ2v) is 9.49. The number of nitrogens with zero attached hydrogens (tertiary/aromatic N) is 3. The van der Waals surface area contributed by atoms with Gasteiger partial charge in [-0.05, 0) is 61.0 Å². The van der Waals surface area contributed by atoms with Gasteiger partial charge in [-0.2, -0.15) is 5.26 Å². The van der Waals surface area contributed by atoms with Crippen molar-refractivity contribution in [2.24, 2.45) is 0 Å². The van der Waals surface area contributed by atoms with Crippen molar-refractivity contribution in [3.63, 3.8) is 0 Å². The smallest absolute Gasteiger partial charge is 0.144 e. The van der Waals surface area contributed by atoms with Gasteiger partial charge >= 0.3 is 0 Å². The minimum Gasteiger partial charge on any atom is -0.497 e. The van der Waals surface area contributed by atoms with E-state index in [4.69, 9.17) is 15.2 Å². The van der Waals surface area contributed by atoms with Crippen LogP contribution in [0.25, 0.3) is 21.8 Å². The predicted octanol–water partition coefficient (Wildman–Crippen LogP) is 5.18. The second kappa shape index (κ2) is 9.96. The van der Waals surface area contributed by atoms with Crippen LogP contribution < -0.4 is 25.8 Å². The maximum Gasteiger partial charge on any atom is 0.144 e. The van der Waals surface area contributed by atoms with E-state index >= 15 is 0 Å². The monoisotopic (exact) mass is 504 g/mol. The zero-order valence-electron chi connectivity index (χ0n) is 21.1. The lowest BCUT2D eigenvalue weighted by molar-refractivity contribution is 0.224. The summed E-state index contributed by atoms with van der Waals surface area (Å²) in [4.78, 5) is 4.51. The molecule has 190 valence electrons. The van der Waals surface area contributed by atoms with E-state index in [9.17, 15) is 5.26 Å². The zero-order chi connectivity index (χ0) is 26.1. The molecule has 0 bridgehead atoms. The van der Waals surface area contributed by atoms with Gasteiger partial charge in [-0.1, -0.05) is 12.1 Å². The number of pyridine rings is 1. The minimum atomic E-state index is 0.0914. The highest BCUT2D eigenvalue weighted by atomic mass is 16.5. The number of aromatic nitrogens is 2. The van der Waals surface area contributed by atoms with Gasteiger partial charge < -0.3 is 30.4 Å². The summed E-state index contributed by atoms with van der Waals surface area (Å²) in [6, 6.07) is 22.3. The number of hydrogen-bond acceptors (Lipinski definition) is 7. The first-order valence-corrected chi connectivity index (χ1v) is 12.6. The standard InChI is InChI=1S/C30H28N6O2/c1-37-23-4-2-3-19(11-23)18-36-10-8-20-12-22(5-6-28(20)36)35-30-21(15-31)16-34-27-14-29(26(32)13-25(27)30)38-24-7-9-33-17-24/h2-6,8,10-14,16,24,33H,7,9,17-18,32H2,1H3,(H,34,35). The van der Waals surface area contributed by atoms with Crippen LogP contribution in [0, 0.1) is 11.3 Å². The quantitative estimate of drug-likeness (QED) is 0.262. The Balaban J connectivity index is 1.31. The first-order chi connectivity index (χ1) is 18.6. The number of fused-ring (bicyclic) bond motifs is 2. The van der Waals surface area contributed by atoms with Crippen LogP contribution in [0.15, 0.2) is 73.1 Å². The number of anilines is 3. The van der Waals surface area contributed by atoms with Crippen molar-refractivity contribution in [2.45, 2.75) is 19.1 Å². The lowest BCUT2D eigenvalue weighted by Gasteiger charge is -2.17. The Hall–Kier alpha value is -4.74. The van der Waals surface area contributed by atoms with E-state index in [0.29, 0.717) is 28.2 Å².